The molecule has 1 heterocycles. The van der Waals surface area contributed by atoms with E-state index in [0.29, 0.717) is 22.7 Å². The van der Waals surface area contributed by atoms with Gasteiger partial charge in [0.15, 0.2) is 5.69 Å². The van der Waals surface area contributed by atoms with Gasteiger partial charge in [0.2, 0.25) is 0 Å². The molecule has 120 valence electrons. The molecule has 0 unspecified atom stereocenters. The van der Waals surface area contributed by atoms with Crippen LogP contribution in [0.3, 0.4) is 0 Å². The van der Waals surface area contributed by atoms with Crippen molar-refractivity contribution in [1.82, 2.24) is 19.8 Å². The van der Waals surface area contributed by atoms with Crippen LogP contribution >= 0.6 is 15.9 Å². The molecule has 0 atom stereocenters. The first-order valence-electron chi connectivity index (χ1n) is 6.98. The first-order chi connectivity index (χ1) is 11.6. The average Bonchev–Trinajstić information content (AvgIpc) is 2.93. The van der Waals surface area contributed by atoms with Gasteiger partial charge in [-0.25, -0.2) is 9.64 Å². The summed E-state index contributed by atoms with van der Waals surface area (Å²) in [6, 6.07) is 12.5. The highest BCUT2D eigenvalue weighted by atomic mass is 79.9. The van der Waals surface area contributed by atoms with Gasteiger partial charge in [-0.1, -0.05) is 24.3 Å². The van der Waals surface area contributed by atoms with Crippen molar-refractivity contribution in [2.24, 2.45) is 7.05 Å². The van der Waals surface area contributed by atoms with Crippen LogP contribution in [-0.4, -0.2) is 19.8 Å². The lowest BCUT2D eigenvalue weighted by molar-refractivity contribution is 0.304. The van der Waals surface area contributed by atoms with Crippen molar-refractivity contribution in [3.8, 4) is 11.4 Å². The van der Waals surface area contributed by atoms with E-state index in [2.05, 4.69) is 31.2 Å². The fourth-order valence-corrected chi connectivity index (χ4v) is 2.59. The van der Waals surface area contributed by atoms with Crippen LogP contribution in [0.15, 0.2) is 51.7 Å². The number of aryl methyl sites for hydroxylation is 1. The number of para-hydroxylation sites is 1. The van der Waals surface area contributed by atoms with E-state index >= 15 is 0 Å². The minimum absolute atomic E-state index is 0.125. The molecule has 24 heavy (non-hydrogen) atoms. The number of hydrogen-bond acceptors (Lipinski definition) is 4. The SMILES string of the molecule is [C-]#[N+]c1cccc(-n2nnn(C)c2=O)c1COc1ccccc1Br. The van der Waals surface area contributed by atoms with Crippen LogP contribution in [0.5, 0.6) is 5.75 Å². The summed E-state index contributed by atoms with van der Waals surface area (Å²) in [5, 5.41) is 7.56. The van der Waals surface area contributed by atoms with Crippen molar-refractivity contribution in [3.05, 3.63) is 74.4 Å². The number of hydrogen-bond donors (Lipinski definition) is 0. The molecule has 3 aromatic rings. The Balaban J connectivity index is 2.03. The minimum Gasteiger partial charge on any atom is -0.489 e. The van der Waals surface area contributed by atoms with Gasteiger partial charge in [0.05, 0.1) is 16.7 Å². The molecule has 0 amide bonds. The molecule has 0 aliphatic heterocycles. The van der Waals surface area contributed by atoms with Gasteiger partial charge >= 0.3 is 5.69 Å². The van der Waals surface area contributed by atoms with Gasteiger partial charge in [-0.15, -0.1) is 0 Å². The third-order valence-electron chi connectivity index (χ3n) is 3.41. The van der Waals surface area contributed by atoms with E-state index in [0.717, 1.165) is 13.8 Å². The summed E-state index contributed by atoms with van der Waals surface area (Å²) in [5.41, 5.74) is 1.07. The monoisotopic (exact) mass is 385 g/mol. The fraction of sp³-hybridized carbons (Fsp3) is 0.125. The number of nitrogens with zero attached hydrogens (tertiary/aromatic N) is 5. The van der Waals surface area contributed by atoms with Gasteiger partial charge in [0.25, 0.3) is 0 Å². The van der Waals surface area contributed by atoms with Crippen LogP contribution in [0.1, 0.15) is 5.56 Å². The molecule has 0 aliphatic carbocycles. The molecule has 0 saturated carbocycles. The standard InChI is InChI=1S/C16H12BrN5O2/c1-18-13-7-5-8-14(22-16(23)21(2)19-20-22)11(13)10-24-15-9-4-3-6-12(15)17/h3-9H,10H2,2H3. The summed E-state index contributed by atoms with van der Waals surface area (Å²) in [4.78, 5) is 15.6. The van der Waals surface area contributed by atoms with Gasteiger partial charge in [-0.3, -0.25) is 0 Å². The van der Waals surface area contributed by atoms with Crippen LogP contribution in [0, 0.1) is 6.57 Å². The van der Waals surface area contributed by atoms with Gasteiger partial charge < -0.3 is 4.74 Å². The molecule has 1 aromatic heterocycles. The molecule has 3 rings (SSSR count). The number of aromatic nitrogens is 4. The Labute approximate surface area is 146 Å². The second kappa shape index (κ2) is 6.68. The zero-order valence-electron chi connectivity index (χ0n) is 12.7. The Morgan fingerprint density at radius 3 is 2.67 bits per heavy atom. The predicted octanol–water partition coefficient (Wildman–Crippen LogP) is 2.86. The van der Waals surface area contributed by atoms with Gasteiger partial charge in [-0.05, 0) is 44.6 Å². The topological polar surface area (TPSA) is 66.3 Å². The summed E-state index contributed by atoms with van der Waals surface area (Å²) in [6.07, 6.45) is 0. The number of benzene rings is 2. The lowest BCUT2D eigenvalue weighted by Gasteiger charge is -2.12. The predicted molar refractivity (Wildman–Crippen MR) is 91.3 cm³/mol. The summed E-state index contributed by atoms with van der Waals surface area (Å²) in [5.74, 6) is 0.648. The van der Waals surface area contributed by atoms with Crippen molar-refractivity contribution >= 4 is 21.6 Å². The molecule has 0 fully saturated rings. The second-order valence-electron chi connectivity index (χ2n) is 4.90. The Hall–Kier alpha value is -2.92. The fourth-order valence-electron chi connectivity index (χ4n) is 2.19. The quantitative estimate of drug-likeness (QED) is 0.647. The van der Waals surface area contributed by atoms with Crippen LogP contribution in [0.25, 0.3) is 10.5 Å². The highest BCUT2D eigenvalue weighted by Crippen LogP contribution is 2.29. The Morgan fingerprint density at radius 2 is 2.00 bits per heavy atom. The van der Waals surface area contributed by atoms with Crippen molar-refractivity contribution < 1.29 is 4.74 Å². The molecule has 7 nitrogen and oxygen atoms in total. The summed E-state index contributed by atoms with van der Waals surface area (Å²) in [6.45, 7) is 7.48. The first kappa shape index (κ1) is 16.0. The molecule has 0 spiro atoms. The average molecular weight is 386 g/mol. The number of ether oxygens (including phenoxy) is 1. The maximum absolute atomic E-state index is 12.1. The van der Waals surface area contributed by atoms with Crippen molar-refractivity contribution in [2.75, 3.05) is 0 Å². The molecular formula is C16H12BrN5O2. The zero-order valence-corrected chi connectivity index (χ0v) is 14.3. The van der Waals surface area contributed by atoms with E-state index < -0.39 is 0 Å². The van der Waals surface area contributed by atoms with E-state index in [4.69, 9.17) is 11.3 Å². The lowest BCUT2D eigenvalue weighted by Crippen LogP contribution is -2.23. The first-order valence-corrected chi connectivity index (χ1v) is 7.77. The Morgan fingerprint density at radius 1 is 1.21 bits per heavy atom. The molecule has 2 aromatic carbocycles. The number of halogens is 1. The van der Waals surface area contributed by atoms with E-state index in [1.165, 1.54) is 7.05 Å². The van der Waals surface area contributed by atoms with Gasteiger partial charge in [0.1, 0.15) is 12.4 Å². The summed E-state index contributed by atoms with van der Waals surface area (Å²) in [7, 11) is 1.52. The number of rotatable bonds is 4. The summed E-state index contributed by atoms with van der Waals surface area (Å²) < 4.78 is 8.91. The number of tetrazole rings is 1. The Kier molecular flexibility index (Phi) is 4.44. The molecule has 0 aliphatic rings. The molecular weight excluding hydrogens is 374 g/mol. The van der Waals surface area contributed by atoms with Crippen LogP contribution < -0.4 is 10.4 Å². The van der Waals surface area contributed by atoms with Gasteiger partial charge in [-0.2, -0.15) is 9.36 Å². The van der Waals surface area contributed by atoms with Crippen molar-refractivity contribution in [1.29, 1.82) is 0 Å². The normalized spacial score (nSPS) is 10.4. The van der Waals surface area contributed by atoms with Gasteiger partial charge in [0, 0.05) is 12.6 Å². The Bertz CT molecular complexity index is 987. The molecule has 0 radical (unpaired) electrons. The van der Waals surface area contributed by atoms with Crippen molar-refractivity contribution in [2.45, 2.75) is 6.61 Å². The highest BCUT2D eigenvalue weighted by Gasteiger charge is 2.15. The second-order valence-corrected chi connectivity index (χ2v) is 5.76. The maximum atomic E-state index is 12.1. The van der Waals surface area contributed by atoms with Crippen molar-refractivity contribution in [3.63, 3.8) is 0 Å². The third-order valence-corrected chi connectivity index (χ3v) is 4.06. The molecule has 0 saturated heterocycles. The largest absolute Gasteiger partial charge is 0.489 e. The zero-order chi connectivity index (χ0) is 17.1. The molecule has 0 N–H and O–H groups in total. The highest BCUT2D eigenvalue weighted by molar-refractivity contribution is 9.10. The van der Waals surface area contributed by atoms with E-state index in [1.807, 2.05) is 24.3 Å². The van der Waals surface area contributed by atoms with E-state index in [1.54, 1.807) is 18.2 Å². The molecule has 0 bridgehead atoms. The van der Waals surface area contributed by atoms with E-state index in [9.17, 15) is 4.79 Å². The van der Waals surface area contributed by atoms with Crippen LogP contribution in [0.2, 0.25) is 0 Å². The summed E-state index contributed by atoms with van der Waals surface area (Å²) >= 11 is 3.42. The smallest absolute Gasteiger partial charge is 0.368 e. The van der Waals surface area contributed by atoms with Crippen LogP contribution in [-0.2, 0) is 13.7 Å². The van der Waals surface area contributed by atoms with E-state index in [-0.39, 0.29) is 12.3 Å². The maximum Gasteiger partial charge on any atom is 0.368 e. The third kappa shape index (κ3) is 2.94. The molecule has 8 heteroatoms. The lowest BCUT2D eigenvalue weighted by atomic mass is 10.1. The minimum atomic E-state index is -0.390. The van der Waals surface area contributed by atoms with Crippen LogP contribution in [0.4, 0.5) is 5.69 Å².